The van der Waals surface area contributed by atoms with Crippen molar-refractivity contribution in [1.29, 1.82) is 5.26 Å². The topological polar surface area (TPSA) is 62.1 Å². The number of ether oxygens (including phenoxy) is 1. The zero-order valence-electron chi connectivity index (χ0n) is 12.9. The van der Waals surface area contributed by atoms with Crippen molar-refractivity contribution in [3.05, 3.63) is 71.8 Å². The van der Waals surface area contributed by atoms with E-state index in [1.54, 1.807) is 0 Å². The van der Waals surface area contributed by atoms with Crippen molar-refractivity contribution in [2.24, 2.45) is 0 Å². The highest BCUT2D eigenvalue weighted by atomic mass is 19.4. The number of hydrogen-bond acceptors (Lipinski definition) is 3. The highest BCUT2D eigenvalue weighted by Crippen LogP contribution is 2.30. The van der Waals surface area contributed by atoms with Crippen molar-refractivity contribution < 1.29 is 22.7 Å². The molecule has 0 saturated carbocycles. The van der Waals surface area contributed by atoms with Gasteiger partial charge in [0, 0.05) is 5.69 Å². The van der Waals surface area contributed by atoms with Crippen LogP contribution in [0.15, 0.2) is 55.1 Å². The Morgan fingerprint density at radius 1 is 1.28 bits per heavy atom. The van der Waals surface area contributed by atoms with E-state index < -0.39 is 17.6 Å². The molecule has 2 aromatic carbocycles. The second kappa shape index (κ2) is 7.53. The summed E-state index contributed by atoms with van der Waals surface area (Å²) in [5, 5.41) is 11.7. The van der Waals surface area contributed by atoms with Gasteiger partial charge in [0.05, 0.1) is 11.1 Å². The largest absolute Gasteiger partial charge is 0.488 e. The Morgan fingerprint density at radius 2 is 2.04 bits per heavy atom. The Balaban J connectivity index is 2.14. The monoisotopic (exact) mass is 346 g/mol. The van der Waals surface area contributed by atoms with Crippen LogP contribution < -0.4 is 10.1 Å². The number of benzene rings is 2. The third-order valence-corrected chi connectivity index (χ3v) is 3.20. The Bertz CT molecular complexity index is 839. The smallest absolute Gasteiger partial charge is 0.416 e. The molecule has 2 aromatic rings. The molecule has 7 heteroatoms. The second-order valence-corrected chi connectivity index (χ2v) is 5.00. The number of amides is 1. The van der Waals surface area contributed by atoms with Gasteiger partial charge in [-0.15, -0.1) is 0 Å². The summed E-state index contributed by atoms with van der Waals surface area (Å²) < 4.78 is 43.6. The molecule has 0 radical (unpaired) electrons. The first kappa shape index (κ1) is 18.1. The summed E-state index contributed by atoms with van der Waals surface area (Å²) in [6, 6.07) is 11.1. The first-order chi connectivity index (χ1) is 11.8. The van der Waals surface area contributed by atoms with E-state index in [2.05, 4.69) is 11.9 Å². The fraction of sp³-hybridized carbons (Fsp3) is 0.111. The van der Waals surface area contributed by atoms with Crippen molar-refractivity contribution in [2.45, 2.75) is 12.8 Å². The van der Waals surface area contributed by atoms with Gasteiger partial charge >= 0.3 is 6.18 Å². The second-order valence-electron chi connectivity index (χ2n) is 5.00. The predicted octanol–water partition coefficient (Wildman–Crippen LogP) is 4.28. The molecule has 25 heavy (non-hydrogen) atoms. The summed E-state index contributed by atoms with van der Waals surface area (Å²) in [4.78, 5) is 11.3. The van der Waals surface area contributed by atoms with Crippen LogP contribution in [0, 0.1) is 11.3 Å². The van der Waals surface area contributed by atoms with Gasteiger partial charge in [-0.25, -0.2) is 0 Å². The van der Waals surface area contributed by atoms with Crippen molar-refractivity contribution in [1.82, 2.24) is 0 Å². The molecule has 0 aliphatic rings. The maximum atomic E-state index is 12.7. The van der Waals surface area contributed by atoms with Crippen LogP contribution in [-0.2, 0) is 17.6 Å². The van der Waals surface area contributed by atoms with Gasteiger partial charge in [0.1, 0.15) is 18.4 Å². The number of anilines is 1. The van der Waals surface area contributed by atoms with Gasteiger partial charge in [-0.1, -0.05) is 18.7 Å². The molecule has 0 atom stereocenters. The number of halogens is 3. The summed E-state index contributed by atoms with van der Waals surface area (Å²) in [5.74, 6) is -0.224. The van der Waals surface area contributed by atoms with Crippen LogP contribution in [-0.4, -0.2) is 5.91 Å². The minimum atomic E-state index is -4.43. The van der Waals surface area contributed by atoms with E-state index in [0.29, 0.717) is 11.3 Å². The number of alkyl halides is 3. The van der Waals surface area contributed by atoms with Gasteiger partial charge in [-0.3, -0.25) is 4.79 Å². The molecular weight excluding hydrogens is 333 g/mol. The minimum Gasteiger partial charge on any atom is -0.488 e. The zero-order valence-corrected chi connectivity index (χ0v) is 12.9. The maximum absolute atomic E-state index is 12.7. The lowest BCUT2D eigenvalue weighted by Gasteiger charge is -2.11. The number of hydrogen-bond donors (Lipinski definition) is 1. The highest BCUT2D eigenvalue weighted by Gasteiger charge is 2.30. The molecule has 1 amide bonds. The molecule has 0 aliphatic carbocycles. The standard InChI is InChI=1S/C18H13F3N2O2/c1-2-17(24)23-15-6-7-16(13(9-15)10-22)25-11-12-4-3-5-14(8-12)18(19,20)21/h2-9H,1,11H2,(H,23,24). The third-order valence-electron chi connectivity index (χ3n) is 3.20. The Labute approximate surface area is 142 Å². The fourth-order valence-corrected chi connectivity index (χ4v) is 2.01. The van der Waals surface area contributed by atoms with E-state index in [1.807, 2.05) is 6.07 Å². The molecular formula is C18H13F3N2O2. The van der Waals surface area contributed by atoms with E-state index in [9.17, 15) is 23.2 Å². The van der Waals surface area contributed by atoms with Gasteiger partial charge < -0.3 is 10.1 Å². The first-order valence-electron chi connectivity index (χ1n) is 7.10. The third kappa shape index (κ3) is 4.85. The zero-order chi connectivity index (χ0) is 18.4. The van der Waals surface area contributed by atoms with Gasteiger partial charge in [-0.05, 0) is 42.0 Å². The predicted molar refractivity (Wildman–Crippen MR) is 85.8 cm³/mol. The molecule has 128 valence electrons. The molecule has 2 rings (SSSR count). The molecule has 0 aliphatic heterocycles. The Morgan fingerprint density at radius 3 is 2.68 bits per heavy atom. The van der Waals surface area contributed by atoms with Crippen molar-refractivity contribution in [3.8, 4) is 11.8 Å². The van der Waals surface area contributed by atoms with Crippen LogP contribution >= 0.6 is 0 Å². The number of carbonyl (C=O) groups excluding carboxylic acids is 1. The average molecular weight is 346 g/mol. The minimum absolute atomic E-state index is 0.128. The Hall–Kier alpha value is -3.27. The van der Waals surface area contributed by atoms with Crippen LogP contribution in [0.2, 0.25) is 0 Å². The van der Waals surface area contributed by atoms with Gasteiger partial charge in [-0.2, -0.15) is 18.4 Å². The van der Waals surface area contributed by atoms with Crippen molar-refractivity contribution >= 4 is 11.6 Å². The van der Waals surface area contributed by atoms with Crippen LogP contribution in [0.3, 0.4) is 0 Å². The number of rotatable bonds is 5. The lowest BCUT2D eigenvalue weighted by Crippen LogP contribution is -2.08. The lowest BCUT2D eigenvalue weighted by molar-refractivity contribution is -0.137. The SMILES string of the molecule is C=CC(=O)Nc1ccc(OCc2cccc(C(F)(F)F)c2)c(C#N)c1. The lowest BCUT2D eigenvalue weighted by atomic mass is 10.1. The number of carbonyl (C=O) groups is 1. The summed E-state index contributed by atoms with van der Waals surface area (Å²) in [7, 11) is 0. The number of nitriles is 1. The van der Waals surface area contributed by atoms with Crippen LogP contribution in [0.5, 0.6) is 5.75 Å². The normalized spacial score (nSPS) is 10.6. The van der Waals surface area contributed by atoms with E-state index in [4.69, 9.17) is 4.74 Å². The Kier molecular flexibility index (Phi) is 5.45. The van der Waals surface area contributed by atoms with Crippen LogP contribution in [0.25, 0.3) is 0 Å². The molecule has 0 heterocycles. The molecule has 0 aromatic heterocycles. The summed E-state index contributed by atoms with van der Waals surface area (Å²) >= 11 is 0. The summed E-state index contributed by atoms with van der Waals surface area (Å²) in [6.07, 6.45) is -3.34. The highest BCUT2D eigenvalue weighted by molar-refractivity contribution is 5.99. The maximum Gasteiger partial charge on any atom is 0.416 e. The molecule has 0 spiro atoms. The van der Waals surface area contributed by atoms with Crippen LogP contribution in [0.1, 0.15) is 16.7 Å². The number of nitrogens with one attached hydrogen (secondary N) is 1. The van der Waals surface area contributed by atoms with E-state index in [-0.39, 0.29) is 17.9 Å². The molecule has 0 unspecified atom stereocenters. The van der Waals surface area contributed by atoms with E-state index in [0.717, 1.165) is 18.2 Å². The van der Waals surface area contributed by atoms with E-state index in [1.165, 1.54) is 30.3 Å². The average Bonchev–Trinajstić information content (AvgIpc) is 2.59. The molecule has 4 nitrogen and oxygen atoms in total. The van der Waals surface area contributed by atoms with Crippen molar-refractivity contribution in [2.75, 3.05) is 5.32 Å². The quantitative estimate of drug-likeness (QED) is 0.822. The molecule has 0 fully saturated rings. The molecule has 0 bridgehead atoms. The van der Waals surface area contributed by atoms with E-state index >= 15 is 0 Å². The van der Waals surface area contributed by atoms with Gasteiger partial charge in [0.25, 0.3) is 0 Å². The number of nitrogens with zero attached hydrogens (tertiary/aromatic N) is 1. The fourth-order valence-electron chi connectivity index (χ4n) is 2.01. The van der Waals surface area contributed by atoms with Crippen LogP contribution in [0.4, 0.5) is 18.9 Å². The molecule has 1 N–H and O–H groups in total. The summed E-state index contributed by atoms with van der Waals surface area (Å²) in [6.45, 7) is 3.19. The van der Waals surface area contributed by atoms with Crippen molar-refractivity contribution in [3.63, 3.8) is 0 Å². The van der Waals surface area contributed by atoms with Gasteiger partial charge in [0.2, 0.25) is 5.91 Å². The van der Waals surface area contributed by atoms with Gasteiger partial charge in [0.15, 0.2) is 0 Å². The summed E-state index contributed by atoms with van der Waals surface area (Å²) in [5.41, 5.74) is 0.0843. The molecule has 0 saturated heterocycles. The first-order valence-corrected chi connectivity index (χ1v) is 7.10.